The Kier molecular flexibility index (Phi) is 4.70. The molecular formula is C15H15FN6O2S. The number of carbonyl (C=O) groups is 2. The van der Waals surface area contributed by atoms with E-state index in [1.54, 1.807) is 0 Å². The summed E-state index contributed by atoms with van der Waals surface area (Å²) in [6.07, 6.45) is 0.772. The van der Waals surface area contributed by atoms with Gasteiger partial charge in [-0.2, -0.15) is 5.10 Å². The predicted octanol–water partition coefficient (Wildman–Crippen LogP) is 1.30. The van der Waals surface area contributed by atoms with Gasteiger partial charge in [-0.05, 0) is 30.7 Å². The quantitative estimate of drug-likeness (QED) is 0.832. The zero-order valence-electron chi connectivity index (χ0n) is 13.3. The first-order valence-corrected chi connectivity index (χ1v) is 8.35. The van der Waals surface area contributed by atoms with Gasteiger partial charge in [-0.25, -0.2) is 4.39 Å². The summed E-state index contributed by atoms with van der Waals surface area (Å²) in [5.74, 6) is -1.52. The molecule has 25 heavy (non-hydrogen) atoms. The number of anilines is 2. The number of amides is 2. The maximum atomic E-state index is 13.1. The molecule has 0 saturated heterocycles. The maximum Gasteiger partial charge on any atom is 0.273 e. The van der Waals surface area contributed by atoms with Gasteiger partial charge in [0.2, 0.25) is 11.0 Å². The molecule has 1 aliphatic rings. The first kappa shape index (κ1) is 17.0. The molecule has 2 heterocycles. The molecule has 1 atom stereocenters. The van der Waals surface area contributed by atoms with Crippen LogP contribution in [0.4, 0.5) is 15.2 Å². The minimum absolute atomic E-state index is 0.0536. The van der Waals surface area contributed by atoms with Gasteiger partial charge in [-0.15, -0.1) is 10.2 Å². The topological polar surface area (TPSA) is 114 Å². The van der Waals surface area contributed by atoms with E-state index in [9.17, 15) is 14.0 Å². The summed E-state index contributed by atoms with van der Waals surface area (Å²) in [5.41, 5.74) is 6.02. The molecule has 3 rings (SSSR count). The molecule has 130 valence electrons. The molecule has 0 bridgehead atoms. The van der Waals surface area contributed by atoms with Gasteiger partial charge in [0.25, 0.3) is 5.91 Å². The molecule has 0 spiro atoms. The minimum Gasteiger partial charge on any atom is -0.368 e. The number of hydrogen-bond donors (Lipinski definition) is 2. The van der Waals surface area contributed by atoms with Crippen molar-refractivity contribution < 1.29 is 14.0 Å². The number of aromatic nitrogens is 2. The summed E-state index contributed by atoms with van der Waals surface area (Å²) < 4.78 is 13.1. The van der Waals surface area contributed by atoms with Crippen LogP contribution in [0.3, 0.4) is 0 Å². The normalized spacial score (nSPS) is 16.6. The number of nitrogens with one attached hydrogen (secondary N) is 1. The number of rotatable bonds is 5. The van der Waals surface area contributed by atoms with Crippen LogP contribution in [0.2, 0.25) is 0 Å². The fourth-order valence-electron chi connectivity index (χ4n) is 2.32. The van der Waals surface area contributed by atoms with Gasteiger partial charge >= 0.3 is 0 Å². The molecule has 2 aromatic rings. The third kappa shape index (κ3) is 3.63. The van der Waals surface area contributed by atoms with E-state index in [0.29, 0.717) is 10.8 Å². The van der Waals surface area contributed by atoms with Gasteiger partial charge in [0, 0.05) is 6.42 Å². The second kappa shape index (κ2) is 6.93. The van der Waals surface area contributed by atoms with E-state index in [1.807, 2.05) is 6.92 Å². The monoisotopic (exact) mass is 362 g/mol. The Morgan fingerprint density at radius 2 is 2.08 bits per heavy atom. The Labute approximate surface area is 146 Å². The predicted molar refractivity (Wildman–Crippen MR) is 91.8 cm³/mol. The van der Waals surface area contributed by atoms with Gasteiger partial charge in [0.05, 0.1) is 5.69 Å². The van der Waals surface area contributed by atoms with E-state index >= 15 is 0 Å². The Balaban J connectivity index is 1.80. The van der Waals surface area contributed by atoms with Crippen molar-refractivity contribution in [3.05, 3.63) is 35.1 Å². The fourth-order valence-corrected chi connectivity index (χ4v) is 2.99. The summed E-state index contributed by atoms with van der Waals surface area (Å²) in [4.78, 5) is 24.1. The number of halogens is 1. The molecule has 1 aliphatic heterocycles. The molecule has 1 aromatic heterocycles. The van der Waals surface area contributed by atoms with Crippen LogP contribution in [-0.2, 0) is 16.0 Å². The molecule has 3 N–H and O–H groups in total. The van der Waals surface area contributed by atoms with E-state index in [4.69, 9.17) is 5.73 Å². The number of benzene rings is 1. The number of nitrogens with zero attached hydrogens (tertiary/aromatic N) is 4. The number of primary amides is 1. The van der Waals surface area contributed by atoms with Crippen LogP contribution >= 0.6 is 11.3 Å². The highest BCUT2D eigenvalue weighted by atomic mass is 32.1. The zero-order chi connectivity index (χ0) is 18.0. The lowest BCUT2D eigenvalue weighted by Crippen LogP contribution is -2.39. The summed E-state index contributed by atoms with van der Waals surface area (Å²) >= 11 is 1.27. The van der Waals surface area contributed by atoms with Crippen molar-refractivity contribution in [1.29, 1.82) is 0 Å². The number of hydrogen-bond acceptors (Lipinski definition) is 7. The average molecular weight is 362 g/mol. The Bertz CT molecular complexity index is 835. The lowest BCUT2D eigenvalue weighted by atomic mass is 10.1. The van der Waals surface area contributed by atoms with Crippen LogP contribution in [0, 0.1) is 5.82 Å². The second-order valence-corrected chi connectivity index (χ2v) is 6.36. The molecule has 0 fully saturated rings. The molecule has 0 radical (unpaired) electrons. The van der Waals surface area contributed by atoms with Gasteiger partial charge in [-0.1, -0.05) is 18.3 Å². The van der Waals surface area contributed by atoms with Crippen molar-refractivity contribution in [1.82, 2.24) is 10.2 Å². The van der Waals surface area contributed by atoms with Crippen LogP contribution in [0.15, 0.2) is 29.4 Å². The van der Waals surface area contributed by atoms with Gasteiger partial charge in [0.1, 0.15) is 22.6 Å². The summed E-state index contributed by atoms with van der Waals surface area (Å²) in [7, 11) is 0. The molecule has 0 saturated carbocycles. The third-order valence-corrected chi connectivity index (χ3v) is 4.56. The highest BCUT2D eigenvalue weighted by Crippen LogP contribution is 2.25. The lowest BCUT2D eigenvalue weighted by molar-refractivity contribution is -0.119. The van der Waals surface area contributed by atoms with Gasteiger partial charge < -0.3 is 5.73 Å². The van der Waals surface area contributed by atoms with Crippen molar-refractivity contribution in [2.24, 2.45) is 10.8 Å². The van der Waals surface area contributed by atoms with Crippen molar-refractivity contribution in [2.45, 2.75) is 25.8 Å². The van der Waals surface area contributed by atoms with Crippen LogP contribution < -0.4 is 16.1 Å². The smallest absolute Gasteiger partial charge is 0.273 e. The van der Waals surface area contributed by atoms with Gasteiger partial charge in [0.15, 0.2) is 0 Å². The molecule has 2 amide bonds. The van der Waals surface area contributed by atoms with Crippen LogP contribution in [0.1, 0.15) is 18.4 Å². The lowest BCUT2D eigenvalue weighted by Gasteiger charge is -2.20. The highest BCUT2D eigenvalue weighted by molar-refractivity contribution is 7.15. The molecule has 0 aliphatic carbocycles. The summed E-state index contributed by atoms with van der Waals surface area (Å²) in [6.45, 7) is 1.94. The van der Waals surface area contributed by atoms with Crippen molar-refractivity contribution in [3.63, 3.8) is 0 Å². The van der Waals surface area contributed by atoms with E-state index in [-0.39, 0.29) is 12.1 Å². The zero-order valence-corrected chi connectivity index (χ0v) is 14.1. The van der Waals surface area contributed by atoms with Crippen LogP contribution in [0.5, 0.6) is 0 Å². The average Bonchev–Trinajstić information content (AvgIpc) is 3.22. The number of carbonyl (C=O) groups excluding carboxylic acids is 2. The van der Waals surface area contributed by atoms with E-state index in [1.165, 1.54) is 40.6 Å². The van der Waals surface area contributed by atoms with Crippen LogP contribution in [0.25, 0.3) is 0 Å². The Hall–Kier alpha value is -2.88. The fraction of sp³-hybridized carbons (Fsp3) is 0.267. The van der Waals surface area contributed by atoms with Gasteiger partial charge in [-0.3, -0.25) is 19.9 Å². The Morgan fingerprint density at radius 1 is 1.36 bits per heavy atom. The van der Waals surface area contributed by atoms with Crippen molar-refractivity contribution in [3.8, 4) is 0 Å². The number of aryl methyl sites for hydroxylation is 1. The Morgan fingerprint density at radius 3 is 2.68 bits per heavy atom. The summed E-state index contributed by atoms with van der Waals surface area (Å²) in [5, 5.41) is 17.1. The number of nitrogens with two attached hydrogens (primary N) is 1. The third-order valence-electron chi connectivity index (χ3n) is 3.58. The van der Waals surface area contributed by atoms with E-state index < -0.39 is 23.7 Å². The molecule has 1 unspecified atom stereocenters. The summed E-state index contributed by atoms with van der Waals surface area (Å²) in [6, 6.07) is 4.61. The van der Waals surface area contributed by atoms with E-state index in [0.717, 1.165) is 11.4 Å². The molecule has 8 nitrogen and oxygen atoms in total. The molecule has 1 aromatic carbocycles. The first-order valence-electron chi connectivity index (χ1n) is 7.53. The standard InChI is InChI=1S/C15H15FN6O2S/c1-2-12-19-20-15(25-12)18-14(24)10-7-11(13(17)23)22(21-10)9-5-3-8(16)4-6-9/h3-6,11H,2,7H2,1H3,(H2,17,23)(H,18,20,24). The second-order valence-electron chi connectivity index (χ2n) is 5.30. The SMILES string of the molecule is CCc1nnc(NC(=O)C2=NN(c3ccc(F)cc3)C(C(N)=O)C2)s1. The molecule has 10 heteroatoms. The van der Waals surface area contributed by atoms with Crippen LogP contribution in [-0.4, -0.2) is 33.8 Å². The van der Waals surface area contributed by atoms with E-state index in [2.05, 4.69) is 20.6 Å². The molecular weight excluding hydrogens is 347 g/mol. The first-order chi connectivity index (χ1) is 12.0. The van der Waals surface area contributed by atoms with Crippen molar-refractivity contribution in [2.75, 3.05) is 10.3 Å². The highest BCUT2D eigenvalue weighted by Gasteiger charge is 2.35. The van der Waals surface area contributed by atoms with Crippen molar-refractivity contribution >= 4 is 39.7 Å². The maximum absolute atomic E-state index is 13.1. The largest absolute Gasteiger partial charge is 0.368 e. The minimum atomic E-state index is -0.813. The number of hydrazone groups is 1.